The second-order valence-electron chi connectivity index (χ2n) is 2.88. The molecule has 0 amide bonds. The van der Waals surface area contributed by atoms with Crippen molar-refractivity contribution in [2.45, 2.75) is 20.5 Å². The number of anilines is 1. The Bertz CT molecular complexity index is 289. The Labute approximate surface area is 75.3 Å². The number of benzene rings is 1. The minimum atomic E-state index is -2.83. The van der Waals surface area contributed by atoms with Gasteiger partial charge in [-0.15, -0.1) is 0 Å². The first-order valence-corrected chi connectivity index (χ1v) is 3.82. The molecule has 0 aliphatic heterocycles. The third-order valence-electron chi connectivity index (χ3n) is 1.65. The van der Waals surface area contributed by atoms with Gasteiger partial charge in [0, 0.05) is 0 Å². The van der Waals surface area contributed by atoms with Gasteiger partial charge >= 0.3 is 6.61 Å². The van der Waals surface area contributed by atoms with Crippen LogP contribution in [0.15, 0.2) is 12.1 Å². The number of rotatable bonds is 2. The average molecular weight is 187 g/mol. The van der Waals surface area contributed by atoms with E-state index in [1.807, 2.05) is 6.92 Å². The minimum Gasteiger partial charge on any atom is -0.432 e. The Balaban J connectivity index is 3.06. The van der Waals surface area contributed by atoms with Crippen LogP contribution in [-0.4, -0.2) is 6.61 Å². The van der Waals surface area contributed by atoms with E-state index in [9.17, 15) is 8.78 Å². The van der Waals surface area contributed by atoms with Crippen LogP contribution in [0.3, 0.4) is 0 Å². The van der Waals surface area contributed by atoms with Gasteiger partial charge < -0.3 is 10.5 Å². The van der Waals surface area contributed by atoms with Gasteiger partial charge in [0.05, 0.1) is 5.69 Å². The number of hydrogen-bond donors (Lipinski definition) is 1. The summed E-state index contributed by atoms with van der Waals surface area (Å²) in [5.41, 5.74) is 7.31. The molecule has 1 aromatic carbocycles. The predicted octanol–water partition coefficient (Wildman–Crippen LogP) is 2.49. The Morgan fingerprint density at radius 2 is 1.92 bits per heavy atom. The summed E-state index contributed by atoms with van der Waals surface area (Å²) in [5, 5.41) is 0. The lowest BCUT2D eigenvalue weighted by atomic mass is 10.1. The smallest absolute Gasteiger partial charge is 0.387 e. The fourth-order valence-electron chi connectivity index (χ4n) is 1.24. The van der Waals surface area contributed by atoms with Crippen LogP contribution < -0.4 is 10.5 Å². The van der Waals surface area contributed by atoms with Crippen molar-refractivity contribution in [3.63, 3.8) is 0 Å². The highest BCUT2D eigenvalue weighted by atomic mass is 19.3. The van der Waals surface area contributed by atoms with Crippen LogP contribution >= 0.6 is 0 Å². The molecule has 72 valence electrons. The van der Waals surface area contributed by atoms with Gasteiger partial charge in [-0.2, -0.15) is 8.78 Å². The quantitative estimate of drug-likeness (QED) is 0.722. The highest BCUT2D eigenvalue weighted by Crippen LogP contribution is 2.28. The van der Waals surface area contributed by atoms with Crippen molar-refractivity contribution >= 4 is 5.69 Å². The van der Waals surface area contributed by atoms with E-state index in [1.54, 1.807) is 19.1 Å². The van der Waals surface area contributed by atoms with E-state index in [0.717, 1.165) is 5.56 Å². The second-order valence-corrected chi connectivity index (χ2v) is 2.88. The highest BCUT2D eigenvalue weighted by molar-refractivity contribution is 5.58. The van der Waals surface area contributed by atoms with Crippen LogP contribution in [0, 0.1) is 13.8 Å². The van der Waals surface area contributed by atoms with Crippen molar-refractivity contribution in [2.24, 2.45) is 0 Å². The molecule has 0 atom stereocenters. The lowest BCUT2D eigenvalue weighted by Crippen LogP contribution is -2.06. The monoisotopic (exact) mass is 187 g/mol. The van der Waals surface area contributed by atoms with Gasteiger partial charge in [0.25, 0.3) is 0 Å². The van der Waals surface area contributed by atoms with Crippen LogP contribution in [0.2, 0.25) is 0 Å². The summed E-state index contributed by atoms with van der Waals surface area (Å²) in [6.45, 7) is 0.694. The highest BCUT2D eigenvalue weighted by Gasteiger charge is 2.10. The SMILES string of the molecule is Cc1cc(C)c(OC(F)F)c(N)c1. The fraction of sp³-hybridized carbons (Fsp3) is 0.333. The Hall–Kier alpha value is -1.32. The lowest BCUT2D eigenvalue weighted by Gasteiger charge is -2.11. The van der Waals surface area contributed by atoms with Gasteiger partial charge in [-0.3, -0.25) is 0 Å². The summed E-state index contributed by atoms with van der Waals surface area (Å²) in [4.78, 5) is 0. The zero-order chi connectivity index (χ0) is 10.0. The second kappa shape index (κ2) is 3.60. The summed E-state index contributed by atoms with van der Waals surface area (Å²) in [6.07, 6.45) is 0. The lowest BCUT2D eigenvalue weighted by molar-refractivity contribution is -0.0497. The Kier molecular flexibility index (Phi) is 2.70. The number of nitrogen functional groups attached to an aromatic ring is 1. The van der Waals surface area contributed by atoms with Crippen molar-refractivity contribution < 1.29 is 13.5 Å². The molecular formula is C9H11F2NO. The molecule has 13 heavy (non-hydrogen) atoms. The number of alkyl halides is 2. The van der Waals surface area contributed by atoms with E-state index < -0.39 is 6.61 Å². The molecule has 0 saturated heterocycles. The molecule has 0 spiro atoms. The molecule has 1 rings (SSSR count). The third-order valence-corrected chi connectivity index (χ3v) is 1.65. The summed E-state index contributed by atoms with van der Waals surface area (Å²) in [5.74, 6) is 0.0700. The number of ether oxygens (including phenoxy) is 1. The van der Waals surface area contributed by atoms with Crippen molar-refractivity contribution in [2.75, 3.05) is 5.73 Å². The maximum absolute atomic E-state index is 11.9. The molecule has 2 nitrogen and oxygen atoms in total. The predicted molar refractivity (Wildman–Crippen MR) is 47.0 cm³/mol. The van der Waals surface area contributed by atoms with E-state index in [1.165, 1.54) is 0 Å². The van der Waals surface area contributed by atoms with E-state index >= 15 is 0 Å². The summed E-state index contributed by atoms with van der Waals surface area (Å²) < 4.78 is 28.1. The zero-order valence-electron chi connectivity index (χ0n) is 7.47. The fourth-order valence-corrected chi connectivity index (χ4v) is 1.24. The van der Waals surface area contributed by atoms with Crippen LogP contribution in [0.1, 0.15) is 11.1 Å². The molecule has 0 saturated carbocycles. The number of nitrogens with two attached hydrogens (primary N) is 1. The molecule has 0 fully saturated rings. The molecule has 0 aromatic heterocycles. The maximum Gasteiger partial charge on any atom is 0.387 e. The van der Waals surface area contributed by atoms with Crippen molar-refractivity contribution in [1.82, 2.24) is 0 Å². The van der Waals surface area contributed by atoms with Crippen molar-refractivity contribution in [3.05, 3.63) is 23.3 Å². The van der Waals surface area contributed by atoms with E-state index in [-0.39, 0.29) is 11.4 Å². The first kappa shape index (κ1) is 9.77. The van der Waals surface area contributed by atoms with Gasteiger partial charge in [0.15, 0.2) is 5.75 Å². The molecule has 1 aromatic rings. The minimum absolute atomic E-state index is 0.0700. The molecule has 4 heteroatoms. The first-order valence-electron chi connectivity index (χ1n) is 3.82. The first-order chi connectivity index (χ1) is 6.00. The van der Waals surface area contributed by atoms with Crippen LogP contribution in [0.4, 0.5) is 14.5 Å². The molecule has 0 radical (unpaired) electrons. The van der Waals surface area contributed by atoms with Crippen LogP contribution in [0.5, 0.6) is 5.75 Å². The summed E-state index contributed by atoms with van der Waals surface area (Å²) in [6, 6.07) is 3.35. The molecule has 0 aliphatic rings. The van der Waals surface area contributed by atoms with E-state index in [2.05, 4.69) is 4.74 Å². The van der Waals surface area contributed by atoms with Gasteiger partial charge in [0.2, 0.25) is 0 Å². The van der Waals surface area contributed by atoms with Gasteiger partial charge in [-0.1, -0.05) is 6.07 Å². The summed E-state index contributed by atoms with van der Waals surface area (Å²) >= 11 is 0. The van der Waals surface area contributed by atoms with Crippen LogP contribution in [-0.2, 0) is 0 Å². The van der Waals surface area contributed by atoms with Gasteiger partial charge in [-0.05, 0) is 31.0 Å². The van der Waals surface area contributed by atoms with Gasteiger partial charge in [0.1, 0.15) is 0 Å². The summed E-state index contributed by atoms with van der Waals surface area (Å²) in [7, 11) is 0. The number of aryl methyl sites for hydroxylation is 2. The number of halogens is 2. The standard InChI is InChI=1S/C9H11F2NO/c1-5-3-6(2)8(7(12)4-5)13-9(10)11/h3-4,9H,12H2,1-2H3. The molecule has 0 heterocycles. The molecular weight excluding hydrogens is 176 g/mol. The normalized spacial score (nSPS) is 10.5. The molecule has 0 aliphatic carbocycles. The van der Waals surface area contributed by atoms with Crippen molar-refractivity contribution in [1.29, 1.82) is 0 Å². The molecule has 2 N–H and O–H groups in total. The topological polar surface area (TPSA) is 35.2 Å². The third kappa shape index (κ3) is 2.31. The van der Waals surface area contributed by atoms with E-state index in [0.29, 0.717) is 5.56 Å². The largest absolute Gasteiger partial charge is 0.432 e. The number of hydrogen-bond acceptors (Lipinski definition) is 2. The molecule has 0 bridgehead atoms. The van der Waals surface area contributed by atoms with Crippen LogP contribution in [0.25, 0.3) is 0 Å². The zero-order valence-corrected chi connectivity index (χ0v) is 7.47. The van der Waals surface area contributed by atoms with Gasteiger partial charge in [-0.25, -0.2) is 0 Å². The Morgan fingerprint density at radius 1 is 1.31 bits per heavy atom. The molecule has 0 unspecified atom stereocenters. The Morgan fingerprint density at radius 3 is 2.38 bits per heavy atom. The van der Waals surface area contributed by atoms with E-state index in [4.69, 9.17) is 5.73 Å². The maximum atomic E-state index is 11.9. The van der Waals surface area contributed by atoms with Crippen molar-refractivity contribution in [3.8, 4) is 5.75 Å². The average Bonchev–Trinajstić information content (AvgIpc) is 1.96.